The van der Waals surface area contributed by atoms with E-state index in [4.69, 9.17) is 5.73 Å². The van der Waals surface area contributed by atoms with Crippen LogP contribution in [0.4, 0.5) is 0 Å². The van der Waals surface area contributed by atoms with Crippen LogP contribution in [0, 0.1) is 11.3 Å². The molecule has 0 fully saturated rings. The average molecular weight is 157 g/mol. The molecule has 0 aromatic carbocycles. The molecule has 66 valence electrons. The standard InChI is InChI=1S/C9H19NO/c1-6(2)7(11)8(10)9(3,4)5/h6,8H,10H2,1-5H3/t8-/m0/s1. The molecular formula is C9H19NO. The van der Waals surface area contributed by atoms with Crippen molar-refractivity contribution in [1.82, 2.24) is 0 Å². The number of carbonyl (C=O) groups excluding carboxylic acids is 1. The molecule has 0 rings (SSSR count). The maximum absolute atomic E-state index is 11.4. The number of rotatable bonds is 2. The van der Waals surface area contributed by atoms with Gasteiger partial charge in [0.2, 0.25) is 0 Å². The molecule has 2 heteroatoms. The Balaban J connectivity index is 4.26. The van der Waals surface area contributed by atoms with Crippen LogP contribution in [0.3, 0.4) is 0 Å². The predicted octanol–water partition coefficient (Wildman–Crippen LogP) is 1.58. The smallest absolute Gasteiger partial charge is 0.152 e. The molecule has 0 aromatic rings. The van der Waals surface area contributed by atoms with E-state index >= 15 is 0 Å². The van der Waals surface area contributed by atoms with E-state index in [1.165, 1.54) is 0 Å². The molecule has 0 aliphatic carbocycles. The van der Waals surface area contributed by atoms with Crippen molar-refractivity contribution in [3.63, 3.8) is 0 Å². The van der Waals surface area contributed by atoms with Gasteiger partial charge in [0.15, 0.2) is 5.78 Å². The first-order chi connectivity index (χ1) is 4.76. The highest BCUT2D eigenvalue weighted by Crippen LogP contribution is 2.19. The van der Waals surface area contributed by atoms with Crippen LogP contribution in [-0.2, 0) is 4.79 Å². The zero-order chi connectivity index (χ0) is 9.23. The summed E-state index contributed by atoms with van der Waals surface area (Å²) in [6.07, 6.45) is 0. The molecule has 0 aromatic heterocycles. The largest absolute Gasteiger partial charge is 0.321 e. The van der Waals surface area contributed by atoms with Crippen molar-refractivity contribution in [3.05, 3.63) is 0 Å². The van der Waals surface area contributed by atoms with Gasteiger partial charge in [-0.25, -0.2) is 0 Å². The minimum atomic E-state index is -0.331. The first kappa shape index (κ1) is 10.6. The van der Waals surface area contributed by atoms with E-state index in [2.05, 4.69) is 0 Å². The highest BCUT2D eigenvalue weighted by molar-refractivity contribution is 5.86. The van der Waals surface area contributed by atoms with Crippen LogP contribution in [0.5, 0.6) is 0 Å². The fraction of sp³-hybridized carbons (Fsp3) is 0.889. The van der Waals surface area contributed by atoms with Crippen LogP contribution >= 0.6 is 0 Å². The number of Topliss-reactive ketones (excluding diaryl/α,β-unsaturated/α-hetero) is 1. The van der Waals surface area contributed by atoms with Gasteiger partial charge < -0.3 is 5.73 Å². The third-order valence-corrected chi connectivity index (χ3v) is 1.81. The predicted molar refractivity (Wildman–Crippen MR) is 47.3 cm³/mol. The van der Waals surface area contributed by atoms with Crippen molar-refractivity contribution in [3.8, 4) is 0 Å². The minimum absolute atomic E-state index is 0.0456. The van der Waals surface area contributed by atoms with Gasteiger partial charge in [0.05, 0.1) is 6.04 Å². The van der Waals surface area contributed by atoms with E-state index in [1.54, 1.807) is 0 Å². The maximum atomic E-state index is 11.4. The second-order valence-electron chi connectivity index (χ2n) is 4.40. The van der Waals surface area contributed by atoms with E-state index in [0.29, 0.717) is 0 Å². The van der Waals surface area contributed by atoms with Crippen LogP contribution < -0.4 is 5.73 Å². The molecule has 0 unspecified atom stereocenters. The van der Waals surface area contributed by atoms with Gasteiger partial charge in [-0.1, -0.05) is 34.6 Å². The number of carbonyl (C=O) groups is 1. The van der Waals surface area contributed by atoms with Gasteiger partial charge in [-0.2, -0.15) is 0 Å². The summed E-state index contributed by atoms with van der Waals surface area (Å²) in [4.78, 5) is 11.4. The van der Waals surface area contributed by atoms with E-state index in [-0.39, 0.29) is 23.2 Å². The highest BCUT2D eigenvalue weighted by Gasteiger charge is 2.28. The van der Waals surface area contributed by atoms with E-state index in [1.807, 2.05) is 34.6 Å². The van der Waals surface area contributed by atoms with Gasteiger partial charge >= 0.3 is 0 Å². The van der Waals surface area contributed by atoms with Gasteiger partial charge in [-0.05, 0) is 5.41 Å². The van der Waals surface area contributed by atoms with Crippen molar-refractivity contribution in [1.29, 1.82) is 0 Å². The van der Waals surface area contributed by atoms with Crippen molar-refractivity contribution in [2.24, 2.45) is 17.1 Å². The molecule has 0 aliphatic heterocycles. The number of nitrogens with two attached hydrogens (primary N) is 1. The molecule has 0 heterocycles. The van der Waals surface area contributed by atoms with Crippen molar-refractivity contribution < 1.29 is 4.79 Å². The topological polar surface area (TPSA) is 43.1 Å². The van der Waals surface area contributed by atoms with Crippen molar-refractivity contribution in [2.75, 3.05) is 0 Å². The maximum Gasteiger partial charge on any atom is 0.152 e. The summed E-state index contributed by atoms with van der Waals surface area (Å²) in [6.45, 7) is 9.72. The second-order valence-corrected chi connectivity index (χ2v) is 4.40. The highest BCUT2D eigenvalue weighted by atomic mass is 16.1. The van der Waals surface area contributed by atoms with E-state index < -0.39 is 0 Å². The van der Waals surface area contributed by atoms with Gasteiger partial charge in [0.25, 0.3) is 0 Å². The third kappa shape index (κ3) is 3.02. The lowest BCUT2D eigenvalue weighted by Crippen LogP contribution is -2.44. The Morgan fingerprint density at radius 1 is 1.27 bits per heavy atom. The summed E-state index contributed by atoms with van der Waals surface area (Å²) in [6, 6.07) is -0.331. The molecule has 0 aliphatic rings. The molecule has 0 bridgehead atoms. The monoisotopic (exact) mass is 157 g/mol. The van der Waals surface area contributed by atoms with Crippen LogP contribution in [0.2, 0.25) is 0 Å². The van der Waals surface area contributed by atoms with E-state index in [9.17, 15) is 4.79 Å². The second kappa shape index (κ2) is 3.35. The zero-order valence-corrected chi connectivity index (χ0v) is 8.14. The first-order valence-electron chi connectivity index (χ1n) is 4.06. The summed E-state index contributed by atoms with van der Waals surface area (Å²) in [5, 5.41) is 0. The normalized spacial score (nSPS) is 15.2. The fourth-order valence-electron chi connectivity index (χ4n) is 0.786. The SMILES string of the molecule is CC(C)C(=O)[C@H](N)C(C)(C)C. The van der Waals surface area contributed by atoms with Crippen LogP contribution in [0.1, 0.15) is 34.6 Å². The quantitative estimate of drug-likeness (QED) is 0.661. The van der Waals surface area contributed by atoms with Crippen molar-refractivity contribution >= 4 is 5.78 Å². The first-order valence-corrected chi connectivity index (χ1v) is 4.06. The lowest BCUT2D eigenvalue weighted by molar-refractivity contribution is -0.125. The Hall–Kier alpha value is -0.370. The average Bonchev–Trinajstić information content (AvgIpc) is 1.82. The molecule has 0 spiro atoms. The summed E-state index contributed by atoms with van der Waals surface area (Å²) in [5.74, 6) is 0.196. The molecule has 2 nitrogen and oxygen atoms in total. The molecule has 0 amide bonds. The summed E-state index contributed by atoms with van der Waals surface area (Å²) in [7, 11) is 0. The minimum Gasteiger partial charge on any atom is -0.321 e. The molecule has 1 atom stereocenters. The summed E-state index contributed by atoms with van der Waals surface area (Å²) in [5.41, 5.74) is 5.64. The van der Waals surface area contributed by atoms with Crippen LogP contribution in [0.15, 0.2) is 0 Å². The van der Waals surface area contributed by atoms with Crippen LogP contribution in [-0.4, -0.2) is 11.8 Å². The summed E-state index contributed by atoms with van der Waals surface area (Å²) < 4.78 is 0. The molecule has 11 heavy (non-hydrogen) atoms. The Morgan fingerprint density at radius 2 is 1.64 bits per heavy atom. The Bertz CT molecular complexity index is 144. The Morgan fingerprint density at radius 3 is 1.73 bits per heavy atom. The van der Waals surface area contributed by atoms with Gasteiger partial charge in [-0.3, -0.25) is 4.79 Å². The molecule has 2 N–H and O–H groups in total. The zero-order valence-electron chi connectivity index (χ0n) is 8.14. The fourth-order valence-corrected chi connectivity index (χ4v) is 0.786. The van der Waals surface area contributed by atoms with Gasteiger partial charge in [-0.15, -0.1) is 0 Å². The molecule has 0 radical (unpaired) electrons. The number of ketones is 1. The van der Waals surface area contributed by atoms with Crippen LogP contribution in [0.25, 0.3) is 0 Å². The lowest BCUT2D eigenvalue weighted by atomic mass is 9.82. The molecular weight excluding hydrogens is 138 g/mol. The van der Waals surface area contributed by atoms with E-state index in [0.717, 1.165) is 0 Å². The molecule has 0 saturated carbocycles. The third-order valence-electron chi connectivity index (χ3n) is 1.81. The Kier molecular flexibility index (Phi) is 3.24. The Labute approximate surface area is 69.2 Å². The molecule has 0 saturated heterocycles. The lowest BCUT2D eigenvalue weighted by Gasteiger charge is -2.26. The van der Waals surface area contributed by atoms with Crippen molar-refractivity contribution in [2.45, 2.75) is 40.7 Å². The number of hydrogen-bond acceptors (Lipinski definition) is 2. The number of hydrogen-bond donors (Lipinski definition) is 1. The summed E-state index contributed by atoms with van der Waals surface area (Å²) >= 11 is 0. The van der Waals surface area contributed by atoms with Gasteiger partial charge in [0.1, 0.15) is 0 Å². The van der Waals surface area contributed by atoms with Gasteiger partial charge in [0, 0.05) is 5.92 Å².